The molecule has 7 heteroatoms. The predicted molar refractivity (Wildman–Crippen MR) is 63.8 cm³/mol. The second-order valence-electron chi connectivity index (χ2n) is 5.47. The lowest BCUT2D eigenvalue weighted by molar-refractivity contribution is -0.491. The molecular weight excluding hydrogens is 240 g/mol. The SMILES string of the molecule is CC(C)(C)OC(=O)N1CCC[C@@H]1[C@H](O)C[N+](=O)[O-]. The van der Waals surface area contributed by atoms with Crippen LogP contribution in [0.2, 0.25) is 0 Å². The second kappa shape index (κ2) is 5.51. The molecule has 0 aliphatic carbocycles. The van der Waals surface area contributed by atoms with Gasteiger partial charge in [-0.25, -0.2) is 4.79 Å². The Morgan fingerprint density at radius 2 is 2.22 bits per heavy atom. The first-order valence-corrected chi connectivity index (χ1v) is 6.00. The summed E-state index contributed by atoms with van der Waals surface area (Å²) in [6, 6.07) is -0.523. The third-order valence-corrected chi connectivity index (χ3v) is 2.71. The van der Waals surface area contributed by atoms with E-state index >= 15 is 0 Å². The van der Waals surface area contributed by atoms with Gasteiger partial charge in [-0.15, -0.1) is 0 Å². The Kier molecular flexibility index (Phi) is 4.50. The van der Waals surface area contributed by atoms with Crippen LogP contribution in [0.3, 0.4) is 0 Å². The summed E-state index contributed by atoms with van der Waals surface area (Å²) in [5.74, 6) is 0. The summed E-state index contributed by atoms with van der Waals surface area (Å²) in [7, 11) is 0. The van der Waals surface area contributed by atoms with Crippen molar-refractivity contribution in [3.63, 3.8) is 0 Å². The van der Waals surface area contributed by atoms with Gasteiger partial charge in [0.15, 0.2) is 0 Å². The molecule has 0 unspecified atom stereocenters. The van der Waals surface area contributed by atoms with Gasteiger partial charge in [-0.3, -0.25) is 10.1 Å². The molecule has 1 heterocycles. The maximum Gasteiger partial charge on any atom is 0.410 e. The van der Waals surface area contributed by atoms with Gasteiger partial charge in [0.05, 0.1) is 6.04 Å². The van der Waals surface area contributed by atoms with Crippen LogP contribution in [0.4, 0.5) is 4.79 Å². The lowest BCUT2D eigenvalue weighted by Crippen LogP contribution is -2.47. The fourth-order valence-corrected chi connectivity index (χ4v) is 2.01. The number of carbonyl (C=O) groups excluding carboxylic acids is 1. The van der Waals surface area contributed by atoms with Crippen LogP contribution < -0.4 is 0 Å². The highest BCUT2D eigenvalue weighted by Crippen LogP contribution is 2.23. The summed E-state index contributed by atoms with van der Waals surface area (Å²) in [6.07, 6.45) is -0.380. The van der Waals surface area contributed by atoms with E-state index in [-0.39, 0.29) is 0 Å². The van der Waals surface area contributed by atoms with E-state index in [0.717, 1.165) is 6.42 Å². The number of likely N-dealkylation sites (tertiary alicyclic amines) is 1. The molecule has 1 saturated heterocycles. The molecule has 1 amide bonds. The number of carbonyl (C=O) groups is 1. The zero-order chi connectivity index (χ0) is 13.9. The van der Waals surface area contributed by atoms with Crippen LogP contribution >= 0.6 is 0 Å². The summed E-state index contributed by atoms with van der Waals surface area (Å²) < 4.78 is 5.21. The minimum Gasteiger partial charge on any atom is -0.444 e. The molecule has 1 fully saturated rings. The molecule has 7 nitrogen and oxygen atoms in total. The highest BCUT2D eigenvalue weighted by molar-refractivity contribution is 5.69. The number of aliphatic hydroxyl groups is 1. The van der Waals surface area contributed by atoms with Crippen LogP contribution in [-0.2, 0) is 4.74 Å². The van der Waals surface area contributed by atoms with Crippen LogP contribution in [-0.4, -0.2) is 51.9 Å². The van der Waals surface area contributed by atoms with E-state index in [1.54, 1.807) is 20.8 Å². The van der Waals surface area contributed by atoms with Crippen molar-refractivity contribution in [1.29, 1.82) is 0 Å². The fraction of sp³-hybridized carbons (Fsp3) is 0.909. The largest absolute Gasteiger partial charge is 0.444 e. The van der Waals surface area contributed by atoms with Gasteiger partial charge < -0.3 is 14.7 Å². The molecule has 0 bridgehead atoms. The van der Waals surface area contributed by atoms with Gasteiger partial charge >= 0.3 is 6.09 Å². The van der Waals surface area contributed by atoms with E-state index in [0.29, 0.717) is 13.0 Å². The molecule has 1 N–H and O–H groups in total. The zero-order valence-corrected chi connectivity index (χ0v) is 11.0. The van der Waals surface area contributed by atoms with Crippen molar-refractivity contribution in [2.45, 2.75) is 51.4 Å². The molecule has 1 aliphatic heterocycles. The molecule has 1 rings (SSSR count). The molecule has 2 atom stereocenters. The van der Waals surface area contributed by atoms with E-state index in [2.05, 4.69) is 0 Å². The van der Waals surface area contributed by atoms with Crippen molar-refractivity contribution in [3.8, 4) is 0 Å². The predicted octanol–water partition coefficient (Wildman–Crippen LogP) is 1.02. The number of amides is 1. The third-order valence-electron chi connectivity index (χ3n) is 2.71. The molecule has 18 heavy (non-hydrogen) atoms. The number of hydrogen-bond acceptors (Lipinski definition) is 5. The van der Waals surface area contributed by atoms with Crippen LogP contribution in [0.25, 0.3) is 0 Å². The molecule has 0 radical (unpaired) electrons. The minimum absolute atomic E-state index is 0.467. The van der Waals surface area contributed by atoms with Crippen molar-refractivity contribution in [2.24, 2.45) is 0 Å². The summed E-state index contributed by atoms with van der Waals surface area (Å²) in [5.41, 5.74) is -0.613. The molecular formula is C11H20N2O5. The Morgan fingerprint density at radius 1 is 1.61 bits per heavy atom. The number of aliphatic hydroxyl groups excluding tert-OH is 1. The quantitative estimate of drug-likeness (QED) is 0.604. The molecule has 0 aromatic heterocycles. The normalized spacial score (nSPS) is 21.8. The van der Waals surface area contributed by atoms with Gasteiger partial charge in [0.2, 0.25) is 6.54 Å². The van der Waals surface area contributed by atoms with Crippen LogP contribution in [0, 0.1) is 10.1 Å². The lowest BCUT2D eigenvalue weighted by Gasteiger charge is -2.29. The summed E-state index contributed by atoms with van der Waals surface area (Å²) in [5, 5.41) is 20.1. The van der Waals surface area contributed by atoms with Crippen molar-refractivity contribution in [1.82, 2.24) is 4.90 Å². The standard InChI is InChI=1S/C11H20N2O5/c1-11(2,3)18-10(15)12-6-4-5-8(12)9(14)7-13(16)17/h8-9,14H,4-7H2,1-3H3/t8-,9-/m1/s1. The van der Waals surface area contributed by atoms with E-state index < -0.39 is 35.3 Å². The summed E-state index contributed by atoms with van der Waals surface area (Å²) >= 11 is 0. The monoisotopic (exact) mass is 260 g/mol. The van der Waals surface area contributed by atoms with E-state index in [1.165, 1.54) is 4.90 Å². The van der Waals surface area contributed by atoms with Crippen LogP contribution in [0.5, 0.6) is 0 Å². The molecule has 0 spiro atoms. The van der Waals surface area contributed by atoms with Gasteiger partial charge in [-0.2, -0.15) is 0 Å². The molecule has 0 aromatic rings. The van der Waals surface area contributed by atoms with Gasteiger partial charge in [0, 0.05) is 11.5 Å². The first-order valence-electron chi connectivity index (χ1n) is 6.00. The number of hydrogen-bond donors (Lipinski definition) is 1. The van der Waals surface area contributed by atoms with E-state index in [4.69, 9.17) is 4.74 Å². The Hall–Kier alpha value is -1.37. The second-order valence-corrected chi connectivity index (χ2v) is 5.47. The average Bonchev–Trinajstić information content (AvgIpc) is 2.61. The first-order chi connectivity index (χ1) is 8.20. The maximum atomic E-state index is 11.9. The van der Waals surface area contributed by atoms with E-state index in [1.807, 2.05) is 0 Å². The van der Waals surface area contributed by atoms with Crippen LogP contribution in [0.15, 0.2) is 0 Å². The van der Waals surface area contributed by atoms with Gasteiger partial charge in [0.1, 0.15) is 11.7 Å². The van der Waals surface area contributed by atoms with Crippen LogP contribution in [0.1, 0.15) is 33.6 Å². The van der Waals surface area contributed by atoms with Gasteiger partial charge in [-0.1, -0.05) is 0 Å². The first kappa shape index (κ1) is 14.7. The average molecular weight is 260 g/mol. The minimum atomic E-state index is -1.14. The summed E-state index contributed by atoms with van der Waals surface area (Å²) in [4.78, 5) is 23.1. The Morgan fingerprint density at radius 3 is 2.72 bits per heavy atom. The Balaban J connectivity index is 2.64. The zero-order valence-electron chi connectivity index (χ0n) is 11.0. The lowest BCUT2D eigenvalue weighted by atomic mass is 10.1. The maximum absolute atomic E-state index is 11.9. The molecule has 0 aromatic carbocycles. The number of ether oxygens (including phenoxy) is 1. The number of rotatable bonds is 3. The topological polar surface area (TPSA) is 92.9 Å². The third kappa shape index (κ3) is 4.14. The van der Waals surface area contributed by atoms with Crippen molar-refractivity contribution >= 4 is 6.09 Å². The highest BCUT2D eigenvalue weighted by atomic mass is 16.6. The van der Waals surface area contributed by atoms with E-state index in [9.17, 15) is 20.0 Å². The van der Waals surface area contributed by atoms with Crippen molar-refractivity contribution in [2.75, 3.05) is 13.1 Å². The van der Waals surface area contributed by atoms with Gasteiger partial charge in [0.25, 0.3) is 0 Å². The highest BCUT2D eigenvalue weighted by Gasteiger charge is 2.38. The fourth-order valence-electron chi connectivity index (χ4n) is 2.01. The Bertz CT molecular complexity index is 326. The number of nitrogens with zero attached hydrogens (tertiary/aromatic N) is 2. The summed E-state index contributed by atoms with van der Waals surface area (Å²) in [6.45, 7) is 5.18. The van der Waals surface area contributed by atoms with Crippen molar-refractivity contribution < 1.29 is 19.6 Å². The smallest absolute Gasteiger partial charge is 0.410 e. The molecule has 104 valence electrons. The Labute approximate surface area is 106 Å². The van der Waals surface area contributed by atoms with Gasteiger partial charge in [-0.05, 0) is 33.6 Å². The molecule has 0 saturated carbocycles. The number of nitro groups is 1. The van der Waals surface area contributed by atoms with Crippen molar-refractivity contribution in [3.05, 3.63) is 10.1 Å². The molecule has 1 aliphatic rings.